The van der Waals surface area contributed by atoms with Crippen LogP contribution in [-0.2, 0) is 4.79 Å². The smallest absolute Gasteiger partial charge is 0.305 e. The van der Waals surface area contributed by atoms with E-state index in [0.717, 1.165) is 12.1 Å². The van der Waals surface area contributed by atoms with E-state index < -0.39 is 35.1 Å². The molecule has 1 atom stereocenters. The van der Waals surface area contributed by atoms with Crippen molar-refractivity contribution in [2.45, 2.75) is 25.8 Å². The van der Waals surface area contributed by atoms with Gasteiger partial charge in [-0.3, -0.25) is 9.59 Å². The van der Waals surface area contributed by atoms with E-state index in [1.54, 1.807) is 6.92 Å². The average Bonchev–Trinajstić information content (AvgIpc) is 2.31. The van der Waals surface area contributed by atoms with Gasteiger partial charge in [0.25, 0.3) is 5.91 Å². The van der Waals surface area contributed by atoms with Gasteiger partial charge in [-0.1, -0.05) is 13.0 Å². The molecular formula is C12H13F2NO3. The zero-order valence-electron chi connectivity index (χ0n) is 9.74. The number of hydrogen-bond acceptors (Lipinski definition) is 2. The molecule has 0 bridgehead atoms. The molecule has 0 aliphatic heterocycles. The fraction of sp³-hybridized carbons (Fsp3) is 0.333. The van der Waals surface area contributed by atoms with Gasteiger partial charge in [-0.25, -0.2) is 8.78 Å². The molecule has 0 radical (unpaired) electrons. The summed E-state index contributed by atoms with van der Waals surface area (Å²) in [6.45, 7) is 1.69. The summed E-state index contributed by atoms with van der Waals surface area (Å²) in [5.41, 5.74) is -0.432. The van der Waals surface area contributed by atoms with Crippen LogP contribution in [0.25, 0.3) is 0 Å². The second-order valence-electron chi connectivity index (χ2n) is 3.78. The number of amides is 1. The molecule has 0 fully saturated rings. The van der Waals surface area contributed by atoms with E-state index in [2.05, 4.69) is 5.32 Å². The maximum atomic E-state index is 13.3. The number of carbonyl (C=O) groups is 2. The highest BCUT2D eigenvalue weighted by atomic mass is 19.2. The Balaban J connectivity index is 2.81. The lowest BCUT2D eigenvalue weighted by atomic mass is 10.1. The summed E-state index contributed by atoms with van der Waals surface area (Å²) >= 11 is 0. The quantitative estimate of drug-likeness (QED) is 0.847. The number of carboxylic acid groups (broad SMARTS) is 1. The highest BCUT2D eigenvalue weighted by molar-refractivity contribution is 5.94. The van der Waals surface area contributed by atoms with E-state index in [1.807, 2.05) is 0 Å². The summed E-state index contributed by atoms with van der Waals surface area (Å²) in [6, 6.07) is 2.64. The van der Waals surface area contributed by atoms with Crippen LogP contribution in [0.1, 0.15) is 30.1 Å². The number of rotatable bonds is 5. The molecule has 98 valence electrons. The molecule has 0 heterocycles. The summed E-state index contributed by atoms with van der Waals surface area (Å²) in [5.74, 6) is -4.24. The summed E-state index contributed by atoms with van der Waals surface area (Å²) < 4.78 is 26.2. The van der Waals surface area contributed by atoms with E-state index in [4.69, 9.17) is 5.11 Å². The van der Waals surface area contributed by atoms with Gasteiger partial charge in [0.05, 0.1) is 12.0 Å². The minimum Gasteiger partial charge on any atom is -0.481 e. The zero-order valence-corrected chi connectivity index (χ0v) is 9.74. The Kier molecular flexibility index (Phi) is 4.76. The van der Waals surface area contributed by atoms with Gasteiger partial charge in [0, 0.05) is 6.04 Å². The summed E-state index contributed by atoms with van der Waals surface area (Å²) in [7, 11) is 0. The molecular weight excluding hydrogens is 244 g/mol. The van der Waals surface area contributed by atoms with Gasteiger partial charge >= 0.3 is 5.97 Å². The van der Waals surface area contributed by atoms with E-state index >= 15 is 0 Å². The largest absolute Gasteiger partial charge is 0.481 e. The molecule has 0 aliphatic carbocycles. The molecule has 4 nitrogen and oxygen atoms in total. The summed E-state index contributed by atoms with van der Waals surface area (Å²) in [5, 5.41) is 11.0. The molecule has 1 aromatic carbocycles. The fourth-order valence-corrected chi connectivity index (χ4v) is 1.45. The van der Waals surface area contributed by atoms with Crippen molar-refractivity contribution in [3.05, 3.63) is 35.4 Å². The molecule has 6 heteroatoms. The predicted molar refractivity (Wildman–Crippen MR) is 60.2 cm³/mol. The number of benzene rings is 1. The number of nitrogens with one attached hydrogen (secondary N) is 1. The van der Waals surface area contributed by atoms with Crippen LogP contribution in [0.4, 0.5) is 8.78 Å². The lowest BCUT2D eigenvalue weighted by Crippen LogP contribution is -2.36. The van der Waals surface area contributed by atoms with Crippen LogP contribution in [0, 0.1) is 11.6 Å². The van der Waals surface area contributed by atoms with Crippen LogP contribution >= 0.6 is 0 Å². The predicted octanol–water partition coefficient (Wildman–Crippen LogP) is 1.95. The highest BCUT2D eigenvalue weighted by Gasteiger charge is 2.19. The molecule has 1 amide bonds. The number of carboxylic acids is 1. The maximum absolute atomic E-state index is 13.3. The minimum absolute atomic E-state index is 0.265. The molecule has 0 aliphatic rings. The third kappa shape index (κ3) is 3.51. The summed E-state index contributed by atoms with van der Waals surface area (Å²) in [4.78, 5) is 22.2. The highest BCUT2D eigenvalue weighted by Crippen LogP contribution is 2.12. The first-order valence-electron chi connectivity index (χ1n) is 5.42. The van der Waals surface area contributed by atoms with Crippen molar-refractivity contribution < 1.29 is 23.5 Å². The van der Waals surface area contributed by atoms with Crippen molar-refractivity contribution in [2.24, 2.45) is 0 Å². The Morgan fingerprint density at radius 2 is 2.06 bits per heavy atom. The van der Waals surface area contributed by atoms with E-state index in [0.29, 0.717) is 6.42 Å². The molecule has 0 aromatic heterocycles. The van der Waals surface area contributed by atoms with Gasteiger partial charge in [-0.2, -0.15) is 0 Å². The zero-order chi connectivity index (χ0) is 13.7. The Bertz CT molecular complexity index is 463. The third-order valence-electron chi connectivity index (χ3n) is 2.45. The maximum Gasteiger partial charge on any atom is 0.305 e. The molecule has 1 aromatic rings. The first-order chi connectivity index (χ1) is 8.45. The van der Waals surface area contributed by atoms with Crippen molar-refractivity contribution in [2.75, 3.05) is 0 Å². The first-order valence-corrected chi connectivity index (χ1v) is 5.42. The van der Waals surface area contributed by atoms with E-state index in [9.17, 15) is 18.4 Å². The molecule has 2 N–H and O–H groups in total. The van der Waals surface area contributed by atoms with Gasteiger partial charge < -0.3 is 10.4 Å². The fourth-order valence-electron chi connectivity index (χ4n) is 1.45. The van der Waals surface area contributed by atoms with E-state index in [-0.39, 0.29) is 6.42 Å². The van der Waals surface area contributed by atoms with Crippen molar-refractivity contribution in [1.29, 1.82) is 0 Å². The van der Waals surface area contributed by atoms with Gasteiger partial charge in [0.15, 0.2) is 11.6 Å². The van der Waals surface area contributed by atoms with Crippen LogP contribution in [0.3, 0.4) is 0 Å². The van der Waals surface area contributed by atoms with Crippen LogP contribution in [0.15, 0.2) is 18.2 Å². The van der Waals surface area contributed by atoms with Crippen molar-refractivity contribution in [3.8, 4) is 0 Å². The first kappa shape index (κ1) is 14.1. The molecule has 0 saturated carbocycles. The van der Waals surface area contributed by atoms with Crippen molar-refractivity contribution >= 4 is 11.9 Å². The lowest BCUT2D eigenvalue weighted by Gasteiger charge is -2.15. The second kappa shape index (κ2) is 6.09. The number of hydrogen-bond donors (Lipinski definition) is 2. The molecule has 0 spiro atoms. The molecule has 1 rings (SSSR count). The van der Waals surface area contributed by atoms with E-state index in [1.165, 1.54) is 6.07 Å². The van der Waals surface area contributed by atoms with Gasteiger partial charge in [0.2, 0.25) is 0 Å². The third-order valence-corrected chi connectivity index (χ3v) is 2.45. The van der Waals surface area contributed by atoms with Gasteiger partial charge in [-0.05, 0) is 18.6 Å². The summed E-state index contributed by atoms with van der Waals surface area (Å²) in [6.07, 6.45) is 0.119. The molecule has 0 saturated heterocycles. The normalized spacial score (nSPS) is 11.9. The number of carbonyl (C=O) groups excluding carboxylic acids is 1. The second-order valence-corrected chi connectivity index (χ2v) is 3.78. The van der Waals surface area contributed by atoms with Crippen LogP contribution in [0.5, 0.6) is 0 Å². The van der Waals surface area contributed by atoms with Gasteiger partial charge in [0.1, 0.15) is 0 Å². The SMILES string of the molecule is CCC(CC(=O)O)NC(=O)c1cccc(F)c1F. The van der Waals surface area contributed by atoms with Crippen molar-refractivity contribution in [3.63, 3.8) is 0 Å². The molecule has 1 unspecified atom stereocenters. The Morgan fingerprint density at radius 1 is 1.39 bits per heavy atom. The minimum atomic E-state index is -1.24. The standard InChI is InChI=1S/C12H13F2NO3/c1-2-7(6-10(16)17)15-12(18)8-4-3-5-9(13)11(8)14/h3-5,7H,2,6H2,1H3,(H,15,18)(H,16,17). The Labute approximate surface area is 103 Å². The monoisotopic (exact) mass is 257 g/mol. The number of aliphatic carboxylic acids is 1. The number of halogens is 2. The lowest BCUT2D eigenvalue weighted by molar-refractivity contribution is -0.137. The van der Waals surface area contributed by atoms with Gasteiger partial charge in [-0.15, -0.1) is 0 Å². The van der Waals surface area contributed by atoms with Crippen LogP contribution in [0.2, 0.25) is 0 Å². The molecule has 18 heavy (non-hydrogen) atoms. The topological polar surface area (TPSA) is 66.4 Å². The van der Waals surface area contributed by atoms with Crippen LogP contribution < -0.4 is 5.32 Å². The van der Waals surface area contributed by atoms with Crippen molar-refractivity contribution in [1.82, 2.24) is 5.32 Å². The Morgan fingerprint density at radius 3 is 2.61 bits per heavy atom. The van der Waals surface area contributed by atoms with Crippen LogP contribution in [-0.4, -0.2) is 23.0 Å². The Hall–Kier alpha value is -1.98. The average molecular weight is 257 g/mol.